The van der Waals surface area contributed by atoms with Crippen LogP contribution in [-0.2, 0) is 0 Å². The van der Waals surface area contributed by atoms with E-state index in [4.69, 9.17) is 0 Å². The van der Waals surface area contributed by atoms with Crippen LogP contribution in [0.2, 0.25) is 0 Å². The summed E-state index contributed by atoms with van der Waals surface area (Å²) in [5, 5.41) is 5.46. The Balaban J connectivity index is 1.23. The molecule has 10 rings (SSSR count). The van der Waals surface area contributed by atoms with Gasteiger partial charge in [-0.25, -0.2) is 17.6 Å². The summed E-state index contributed by atoms with van der Waals surface area (Å²) >= 11 is 0. The highest BCUT2D eigenvalue weighted by molar-refractivity contribution is 6.28. The summed E-state index contributed by atoms with van der Waals surface area (Å²) in [5.41, 5.74) is 6.88. The van der Waals surface area contributed by atoms with E-state index in [0.29, 0.717) is 45.0 Å². The summed E-state index contributed by atoms with van der Waals surface area (Å²) in [7, 11) is 0. The summed E-state index contributed by atoms with van der Waals surface area (Å²) < 4.78 is 64.2. The van der Waals surface area contributed by atoms with E-state index in [0.717, 1.165) is 55.6 Å². The molecule has 0 bridgehead atoms. The van der Waals surface area contributed by atoms with Gasteiger partial charge in [0.25, 0.3) is 0 Å². The molecular formula is C54H36F4N2. The van der Waals surface area contributed by atoms with Crippen molar-refractivity contribution >= 4 is 66.4 Å². The number of halogens is 4. The normalized spacial score (nSPS) is 11.5. The minimum absolute atomic E-state index is 0.197. The second kappa shape index (κ2) is 14.7. The monoisotopic (exact) mass is 788 g/mol. The maximum atomic E-state index is 16.4. The molecule has 6 heteroatoms. The van der Waals surface area contributed by atoms with Crippen LogP contribution in [0.5, 0.6) is 0 Å². The molecule has 0 aromatic heterocycles. The van der Waals surface area contributed by atoms with E-state index in [2.05, 4.69) is 0 Å². The van der Waals surface area contributed by atoms with Crippen LogP contribution in [-0.4, -0.2) is 0 Å². The first-order valence-corrected chi connectivity index (χ1v) is 19.8. The molecule has 0 amide bonds. The maximum Gasteiger partial charge on any atom is 0.150 e. The molecule has 0 unspecified atom stereocenters. The molecule has 0 aliphatic rings. The fraction of sp³-hybridized carbons (Fsp3) is 0.0370. The zero-order chi connectivity index (χ0) is 41.1. The van der Waals surface area contributed by atoms with Gasteiger partial charge in [-0.2, -0.15) is 0 Å². The Hall–Kier alpha value is -7.44. The van der Waals surface area contributed by atoms with Crippen molar-refractivity contribution in [1.82, 2.24) is 0 Å². The Morgan fingerprint density at radius 3 is 1.08 bits per heavy atom. The predicted octanol–water partition coefficient (Wildman–Crippen LogP) is 16.0. The van der Waals surface area contributed by atoms with Gasteiger partial charge in [-0.05, 0) is 106 Å². The lowest BCUT2D eigenvalue weighted by Crippen LogP contribution is -2.14. The van der Waals surface area contributed by atoms with E-state index >= 15 is 17.6 Å². The molecule has 290 valence electrons. The quantitative estimate of drug-likeness (QED) is 0.112. The molecule has 0 atom stereocenters. The van der Waals surface area contributed by atoms with Crippen LogP contribution in [0.25, 0.3) is 54.6 Å². The number of rotatable bonds is 8. The highest BCUT2D eigenvalue weighted by Crippen LogP contribution is 2.49. The van der Waals surface area contributed by atoms with Crippen LogP contribution in [0.3, 0.4) is 0 Å². The van der Waals surface area contributed by atoms with Crippen LogP contribution in [0, 0.1) is 37.1 Å². The van der Waals surface area contributed by atoms with Gasteiger partial charge in [-0.1, -0.05) is 121 Å². The smallest absolute Gasteiger partial charge is 0.150 e. The molecule has 2 nitrogen and oxygen atoms in total. The second-order valence-corrected chi connectivity index (χ2v) is 15.1. The fourth-order valence-corrected chi connectivity index (χ4v) is 8.71. The third-order valence-corrected chi connectivity index (χ3v) is 11.6. The summed E-state index contributed by atoms with van der Waals surface area (Å²) in [6.07, 6.45) is 0. The van der Waals surface area contributed by atoms with Crippen molar-refractivity contribution in [1.29, 1.82) is 0 Å². The van der Waals surface area contributed by atoms with Crippen molar-refractivity contribution < 1.29 is 17.6 Å². The first-order valence-electron chi connectivity index (χ1n) is 19.8. The minimum Gasteiger partial charge on any atom is -0.307 e. The zero-order valence-electron chi connectivity index (χ0n) is 32.7. The van der Waals surface area contributed by atoms with Crippen LogP contribution in [0.15, 0.2) is 182 Å². The first kappa shape index (κ1) is 36.9. The standard InChI is InChI=1S/C54H36F4N2/c1-33-13-9-11-19-39(33)43-29-51(47(57)31-45(43)55)59(37-15-5-3-6-16-37)49-27-23-35-22-26-42-50(28-24-36-21-25-41(49)53(35)54(36)42)60(38-17-7-4-8-18-38)52-30-44(46(56)32-48(52)58)40-20-12-10-14-34(40)2/h3-32H,1-2H3. The summed E-state index contributed by atoms with van der Waals surface area (Å²) in [5.74, 6) is -2.70. The number of nitrogens with zero attached hydrogens (tertiary/aromatic N) is 2. The summed E-state index contributed by atoms with van der Waals surface area (Å²) in [6.45, 7) is 3.82. The zero-order valence-corrected chi connectivity index (χ0v) is 32.7. The average molecular weight is 789 g/mol. The van der Waals surface area contributed by atoms with Gasteiger partial charge in [0.15, 0.2) is 0 Å². The van der Waals surface area contributed by atoms with Gasteiger partial charge in [0.1, 0.15) is 23.3 Å². The van der Waals surface area contributed by atoms with Gasteiger partial charge in [0.05, 0.1) is 22.7 Å². The van der Waals surface area contributed by atoms with E-state index in [9.17, 15) is 0 Å². The van der Waals surface area contributed by atoms with E-state index < -0.39 is 23.3 Å². The molecule has 60 heavy (non-hydrogen) atoms. The maximum absolute atomic E-state index is 16.4. The summed E-state index contributed by atoms with van der Waals surface area (Å²) in [6, 6.07) is 55.3. The van der Waals surface area contributed by atoms with E-state index in [1.807, 2.05) is 181 Å². The van der Waals surface area contributed by atoms with Crippen LogP contribution < -0.4 is 9.80 Å². The molecule has 10 aromatic carbocycles. The van der Waals surface area contributed by atoms with Crippen LogP contribution >= 0.6 is 0 Å². The predicted molar refractivity (Wildman–Crippen MR) is 240 cm³/mol. The lowest BCUT2D eigenvalue weighted by molar-refractivity contribution is 0.585. The first-order chi connectivity index (χ1) is 29.3. The largest absolute Gasteiger partial charge is 0.307 e. The van der Waals surface area contributed by atoms with Crippen molar-refractivity contribution in [3.63, 3.8) is 0 Å². The molecule has 0 saturated carbocycles. The number of hydrogen-bond acceptors (Lipinski definition) is 2. The van der Waals surface area contributed by atoms with Gasteiger partial charge in [-0.15, -0.1) is 0 Å². The molecule has 0 spiro atoms. The highest BCUT2D eigenvalue weighted by Gasteiger charge is 2.26. The van der Waals surface area contributed by atoms with Crippen molar-refractivity contribution in [2.75, 3.05) is 9.80 Å². The van der Waals surface area contributed by atoms with E-state index in [1.165, 1.54) is 0 Å². The van der Waals surface area contributed by atoms with Crippen molar-refractivity contribution in [2.45, 2.75) is 13.8 Å². The Morgan fingerprint density at radius 1 is 0.317 bits per heavy atom. The fourth-order valence-electron chi connectivity index (χ4n) is 8.71. The SMILES string of the molecule is Cc1ccccc1-c1cc(N(c2ccccc2)c2ccc3ccc4c(N(c5ccccc5)c5cc(-c6ccccc6C)c(F)cc5F)ccc5ccc2c3c54)c(F)cc1F. The molecule has 0 saturated heterocycles. The third kappa shape index (κ3) is 6.11. The van der Waals surface area contributed by atoms with Gasteiger partial charge in [-0.3, -0.25) is 0 Å². The Kier molecular flexibility index (Phi) is 9.06. The van der Waals surface area contributed by atoms with E-state index in [1.54, 1.807) is 12.1 Å². The molecule has 10 aromatic rings. The van der Waals surface area contributed by atoms with Gasteiger partial charge in [0.2, 0.25) is 0 Å². The molecular weight excluding hydrogens is 753 g/mol. The van der Waals surface area contributed by atoms with Gasteiger partial charge in [0, 0.05) is 45.4 Å². The molecule has 0 N–H and O–H groups in total. The lowest BCUT2D eigenvalue weighted by Gasteiger charge is -2.30. The molecule has 0 aliphatic heterocycles. The Morgan fingerprint density at radius 2 is 0.683 bits per heavy atom. The Labute approximate surface area is 345 Å². The molecule has 0 aliphatic carbocycles. The van der Waals surface area contributed by atoms with Crippen molar-refractivity contribution in [3.8, 4) is 22.3 Å². The van der Waals surface area contributed by atoms with Gasteiger partial charge >= 0.3 is 0 Å². The van der Waals surface area contributed by atoms with Crippen molar-refractivity contribution in [3.05, 3.63) is 216 Å². The molecule has 0 radical (unpaired) electrons. The topological polar surface area (TPSA) is 6.48 Å². The van der Waals surface area contributed by atoms with Crippen LogP contribution in [0.1, 0.15) is 11.1 Å². The number of aryl methyl sites for hydroxylation is 2. The number of hydrogen-bond donors (Lipinski definition) is 0. The van der Waals surface area contributed by atoms with E-state index in [-0.39, 0.29) is 11.4 Å². The number of para-hydroxylation sites is 2. The number of anilines is 6. The number of benzene rings is 10. The third-order valence-electron chi connectivity index (χ3n) is 11.6. The molecule has 0 heterocycles. The Bertz CT molecular complexity index is 3020. The van der Waals surface area contributed by atoms with Crippen LogP contribution in [0.4, 0.5) is 51.7 Å². The average Bonchev–Trinajstić information content (AvgIpc) is 3.26. The minimum atomic E-state index is -0.702. The van der Waals surface area contributed by atoms with Crippen molar-refractivity contribution in [2.24, 2.45) is 0 Å². The highest BCUT2D eigenvalue weighted by atomic mass is 19.1. The lowest BCUT2D eigenvalue weighted by atomic mass is 9.91. The second-order valence-electron chi connectivity index (χ2n) is 15.1. The summed E-state index contributed by atoms with van der Waals surface area (Å²) in [4.78, 5) is 3.70. The molecule has 0 fully saturated rings. The van der Waals surface area contributed by atoms with Gasteiger partial charge < -0.3 is 9.80 Å².